The van der Waals surface area contributed by atoms with Gasteiger partial charge in [0.25, 0.3) is 0 Å². The van der Waals surface area contributed by atoms with Gasteiger partial charge in [-0.2, -0.15) is 0 Å². The van der Waals surface area contributed by atoms with E-state index in [0.717, 1.165) is 29.1 Å². The molecule has 6 heteroatoms. The van der Waals surface area contributed by atoms with Crippen molar-refractivity contribution >= 4 is 15.7 Å². The van der Waals surface area contributed by atoms with E-state index in [1.807, 2.05) is 44.2 Å². The molecule has 0 bridgehead atoms. The molecule has 0 radical (unpaired) electrons. The van der Waals surface area contributed by atoms with Gasteiger partial charge in [-0.1, -0.05) is 17.7 Å². The van der Waals surface area contributed by atoms with Crippen molar-refractivity contribution in [3.8, 4) is 5.75 Å². The average Bonchev–Trinajstić information content (AvgIpc) is 2.46. The molecule has 0 aliphatic rings. The highest BCUT2D eigenvalue weighted by Gasteiger charge is 2.00. The minimum absolute atomic E-state index is 0.419. The first-order valence-corrected chi connectivity index (χ1v) is 9.23. The molecule has 126 valence electrons. The molecule has 1 aromatic carbocycles. The molecule has 1 aromatic rings. The monoisotopic (exact) mass is 337 g/mol. The zero-order valence-electron chi connectivity index (χ0n) is 13.7. The van der Waals surface area contributed by atoms with Crippen molar-refractivity contribution in [2.75, 3.05) is 19.4 Å². The van der Waals surface area contributed by atoms with Gasteiger partial charge in [-0.25, -0.2) is 8.42 Å². The maximum absolute atomic E-state index is 11.4. The Morgan fingerprint density at radius 2 is 1.87 bits per heavy atom. The quantitative estimate of drug-likeness (QED) is 0.583. The summed E-state index contributed by atoms with van der Waals surface area (Å²) in [5.41, 5.74) is 2.27. The molecule has 5 nitrogen and oxygen atoms in total. The lowest BCUT2D eigenvalue weighted by atomic mass is 10.1. The van der Waals surface area contributed by atoms with Crippen molar-refractivity contribution in [3.63, 3.8) is 0 Å². The highest BCUT2D eigenvalue weighted by Crippen LogP contribution is 2.12. The first-order valence-electron chi connectivity index (χ1n) is 7.27. The fourth-order valence-electron chi connectivity index (χ4n) is 1.63. The molecule has 0 aliphatic heterocycles. The molecular weight excluding hydrogens is 314 g/mol. The van der Waals surface area contributed by atoms with E-state index in [9.17, 15) is 13.2 Å². The lowest BCUT2D eigenvalue weighted by molar-refractivity contribution is -0.116. The minimum atomic E-state index is -3.27. The number of hydrogen-bond acceptors (Lipinski definition) is 4. The Morgan fingerprint density at radius 1 is 1.22 bits per heavy atom. The van der Waals surface area contributed by atoms with Crippen LogP contribution in [-0.4, -0.2) is 33.7 Å². The summed E-state index contributed by atoms with van der Waals surface area (Å²) in [5, 5.41) is 3.53. The fraction of sp³-hybridized carbons (Fsp3) is 0.353. The van der Waals surface area contributed by atoms with E-state index in [1.54, 1.807) is 0 Å². The zero-order valence-corrected chi connectivity index (χ0v) is 14.5. The van der Waals surface area contributed by atoms with Gasteiger partial charge in [0.15, 0.2) is 9.84 Å². The molecule has 0 saturated carbocycles. The zero-order chi connectivity index (χ0) is 17.3. The third kappa shape index (κ3) is 9.52. The van der Waals surface area contributed by atoms with Gasteiger partial charge >= 0.3 is 0 Å². The third-order valence-electron chi connectivity index (χ3n) is 2.84. The number of rotatable bonds is 8. The van der Waals surface area contributed by atoms with Gasteiger partial charge in [-0.05, 0) is 44.0 Å². The molecular formula is C17H23NO4S. The van der Waals surface area contributed by atoms with Crippen LogP contribution in [0.3, 0.4) is 0 Å². The summed E-state index contributed by atoms with van der Waals surface area (Å²) < 4.78 is 27.4. The fourth-order valence-corrected chi connectivity index (χ4v) is 2.00. The number of sulfone groups is 1. The number of carbonyl (C=O) groups is 1. The topological polar surface area (TPSA) is 72.5 Å². The highest BCUT2D eigenvalue weighted by atomic mass is 32.2. The molecule has 0 unspecified atom stereocenters. The molecule has 23 heavy (non-hydrogen) atoms. The van der Waals surface area contributed by atoms with Gasteiger partial charge in [0.1, 0.15) is 12.4 Å². The third-order valence-corrected chi connectivity index (χ3v) is 3.47. The maximum atomic E-state index is 11.4. The highest BCUT2D eigenvalue weighted by molar-refractivity contribution is 7.93. The summed E-state index contributed by atoms with van der Waals surface area (Å²) in [7, 11) is -3.27. The Morgan fingerprint density at radius 3 is 2.43 bits per heavy atom. The Bertz CT molecular complexity index is 669. The number of amides is 1. The van der Waals surface area contributed by atoms with Crippen LogP contribution in [0.2, 0.25) is 0 Å². The number of benzene rings is 1. The van der Waals surface area contributed by atoms with E-state index < -0.39 is 15.7 Å². The van der Waals surface area contributed by atoms with Gasteiger partial charge < -0.3 is 10.1 Å². The van der Waals surface area contributed by atoms with Crippen molar-refractivity contribution in [2.24, 2.45) is 0 Å². The average molecular weight is 337 g/mol. The van der Waals surface area contributed by atoms with Crippen LogP contribution in [0.4, 0.5) is 0 Å². The summed E-state index contributed by atoms with van der Waals surface area (Å²) in [5.74, 6) is 0.378. The lowest BCUT2D eigenvalue weighted by Crippen LogP contribution is -2.23. The van der Waals surface area contributed by atoms with E-state index in [2.05, 4.69) is 5.32 Å². The first kappa shape index (κ1) is 19.0. The summed E-state index contributed by atoms with van der Waals surface area (Å²) >= 11 is 0. The van der Waals surface area contributed by atoms with Crippen molar-refractivity contribution < 1.29 is 17.9 Å². The standard InChI is InChI=1S/C17H23NO4S/c1-14(2)9-12-22-16-6-4-15(5-7-16)8-11-18-17(19)10-13-23(3,20)21/h4-7,9-10,13H,8,11-12H2,1-3H3,(H,18,19). The molecule has 1 N–H and O–H groups in total. The largest absolute Gasteiger partial charge is 0.490 e. The Hall–Kier alpha value is -2.08. The van der Waals surface area contributed by atoms with E-state index in [4.69, 9.17) is 4.74 Å². The van der Waals surface area contributed by atoms with Crippen molar-refractivity contribution in [3.05, 3.63) is 53.0 Å². The predicted molar refractivity (Wildman–Crippen MR) is 92.1 cm³/mol. The number of nitrogens with one attached hydrogen (secondary N) is 1. The normalized spacial score (nSPS) is 11.3. The van der Waals surface area contributed by atoms with Gasteiger partial charge in [-0.15, -0.1) is 0 Å². The van der Waals surface area contributed by atoms with Crippen LogP contribution >= 0.6 is 0 Å². The second kappa shape index (κ2) is 9.15. The minimum Gasteiger partial charge on any atom is -0.490 e. The molecule has 0 aromatic heterocycles. The first-order chi connectivity index (χ1) is 10.8. The maximum Gasteiger partial charge on any atom is 0.244 e. The van der Waals surface area contributed by atoms with Crippen LogP contribution in [-0.2, 0) is 21.1 Å². The second-order valence-corrected chi connectivity index (χ2v) is 7.34. The number of ether oxygens (including phenoxy) is 1. The van der Waals surface area contributed by atoms with Crippen LogP contribution in [0.15, 0.2) is 47.4 Å². The molecule has 0 aliphatic carbocycles. The lowest BCUT2D eigenvalue weighted by Gasteiger charge is -2.06. The summed E-state index contributed by atoms with van der Waals surface area (Å²) in [4.78, 5) is 11.4. The van der Waals surface area contributed by atoms with Crippen LogP contribution in [0.5, 0.6) is 5.75 Å². The molecule has 1 rings (SSSR count). The van der Waals surface area contributed by atoms with Crippen molar-refractivity contribution in [1.29, 1.82) is 0 Å². The van der Waals surface area contributed by atoms with Crippen molar-refractivity contribution in [1.82, 2.24) is 5.32 Å². The van der Waals surface area contributed by atoms with Gasteiger partial charge in [-0.3, -0.25) is 4.79 Å². The molecule has 0 saturated heterocycles. The van der Waals surface area contributed by atoms with Crippen LogP contribution < -0.4 is 10.1 Å². The SMILES string of the molecule is CC(C)=CCOc1ccc(CCNC(=O)C=CS(C)(=O)=O)cc1. The van der Waals surface area contributed by atoms with Gasteiger partial charge in [0, 0.05) is 24.3 Å². The Labute approximate surface area is 138 Å². The summed E-state index contributed by atoms with van der Waals surface area (Å²) in [6.45, 7) is 5.02. The Balaban J connectivity index is 2.37. The van der Waals surface area contributed by atoms with E-state index >= 15 is 0 Å². The van der Waals surface area contributed by atoms with Crippen LogP contribution in [0, 0.1) is 0 Å². The van der Waals surface area contributed by atoms with Gasteiger partial charge in [0.05, 0.1) is 0 Å². The molecule has 1 amide bonds. The predicted octanol–water partition coefficient (Wildman–Crippen LogP) is 2.25. The van der Waals surface area contributed by atoms with Crippen LogP contribution in [0.25, 0.3) is 0 Å². The van der Waals surface area contributed by atoms with Crippen molar-refractivity contribution in [2.45, 2.75) is 20.3 Å². The smallest absolute Gasteiger partial charge is 0.244 e. The van der Waals surface area contributed by atoms with Crippen LogP contribution in [0.1, 0.15) is 19.4 Å². The molecule has 0 heterocycles. The van der Waals surface area contributed by atoms with Gasteiger partial charge in [0.2, 0.25) is 5.91 Å². The summed E-state index contributed by atoms with van der Waals surface area (Å²) in [6.07, 6.45) is 4.73. The number of allylic oxidation sites excluding steroid dienone is 1. The number of hydrogen-bond donors (Lipinski definition) is 1. The van der Waals surface area contributed by atoms with E-state index in [0.29, 0.717) is 19.6 Å². The molecule has 0 atom stereocenters. The second-order valence-electron chi connectivity index (χ2n) is 5.41. The molecule has 0 spiro atoms. The molecule has 0 fully saturated rings. The van der Waals surface area contributed by atoms with E-state index in [-0.39, 0.29) is 0 Å². The number of carbonyl (C=O) groups excluding carboxylic acids is 1. The Kier molecular flexibility index (Phi) is 7.54. The van der Waals surface area contributed by atoms with E-state index in [1.165, 1.54) is 5.57 Å². The summed E-state index contributed by atoms with van der Waals surface area (Å²) in [6, 6.07) is 7.66.